The van der Waals surface area contributed by atoms with Crippen molar-refractivity contribution in [2.45, 2.75) is 58.5 Å². The number of aliphatic imine (C=N–C) groups is 1. The van der Waals surface area contributed by atoms with Crippen LogP contribution in [0.1, 0.15) is 56.8 Å². The van der Waals surface area contributed by atoms with Crippen molar-refractivity contribution >= 4 is 5.96 Å². The first-order valence-electron chi connectivity index (χ1n) is 10.9. The molecule has 6 heteroatoms. The minimum Gasteiger partial charge on any atom is -0.396 e. The molecule has 0 saturated heterocycles. The average molecular weight is 398 g/mol. The monoisotopic (exact) mass is 397 g/mol. The van der Waals surface area contributed by atoms with E-state index in [0.29, 0.717) is 6.54 Å². The zero-order valence-corrected chi connectivity index (χ0v) is 17.6. The number of benzene rings is 1. The number of imidazole rings is 1. The number of nitrogens with zero attached hydrogens (tertiary/aromatic N) is 3. The molecule has 158 valence electrons. The van der Waals surface area contributed by atoms with Crippen molar-refractivity contribution in [3.05, 3.63) is 54.1 Å². The van der Waals surface area contributed by atoms with Crippen LogP contribution in [0.25, 0.3) is 0 Å². The molecule has 1 aromatic carbocycles. The summed E-state index contributed by atoms with van der Waals surface area (Å²) >= 11 is 0. The van der Waals surface area contributed by atoms with Gasteiger partial charge in [0.15, 0.2) is 5.96 Å². The standard InChI is InChI=1S/C23H35N5O/c1-2-24-22(27-19-23(13-16-29)11-7-4-8-12-23)26-17-21-25-14-15-28(21)18-20-9-5-3-6-10-20/h3,5-6,9-10,14-15,29H,2,4,7-8,11-13,16-19H2,1H3,(H2,24,26,27). The molecule has 0 atom stereocenters. The Morgan fingerprint density at radius 2 is 1.97 bits per heavy atom. The molecule has 3 N–H and O–H groups in total. The first-order chi connectivity index (χ1) is 14.2. The van der Waals surface area contributed by atoms with Gasteiger partial charge in [-0.15, -0.1) is 0 Å². The van der Waals surface area contributed by atoms with Crippen molar-refractivity contribution in [2.75, 3.05) is 19.7 Å². The summed E-state index contributed by atoms with van der Waals surface area (Å²) < 4.78 is 2.15. The summed E-state index contributed by atoms with van der Waals surface area (Å²) in [6.45, 7) is 5.34. The lowest BCUT2D eigenvalue weighted by Gasteiger charge is -2.37. The van der Waals surface area contributed by atoms with Crippen LogP contribution in [0.5, 0.6) is 0 Å². The molecule has 0 aliphatic heterocycles. The summed E-state index contributed by atoms with van der Waals surface area (Å²) in [4.78, 5) is 9.29. The van der Waals surface area contributed by atoms with E-state index in [0.717, 1.165) is 37.8 Å². The zero-order valence-electron chi connectivity index (χ0n) is 17.6. The normalized spacial score (nSPS) is 16.6. The summed E-state index contributed by atoms with van der Waals surface area (Å²) in [5.74, 6) is 1.78. The average Bonchev–Trinajstić information content (AvgIpc) is 3.19. The van der Waals surface area contributed by atoms with Crippen LogP contribution in [0, 0.1) is 5.41 Å². The van der Waals surface area contributed by atoms with Gasteiger partial charge in [0.25, 0.3) is 0 Å². The number of guanidine groups is 1. The van der Waals surface area contributed by atoms with Gasteiger partial charge in [0.1, 0.15) is 12.4 Å². The minimum absolute atomic E-state index is 0.189. The lowest BCUT2D eigenvalue weighted by atomic mass is 9.72. The molecule has 1 heterocycles. The van der Waals surface area contributed by atoms with Crippen molar-refractivity contribution < 1.29 is 5.11 Å². The number of aliphatic hydroxyl groups is 1. The first kappa shape index (κ1) is 21.4. The molecule has 2 aromatic rings. The summed E-state index contributed by atoms with van der Waals surface area (Å²) in [6, 6.07) is 10.4. The molecular formula is C23H35N5O. The fourth-order valence-corrected chi connectivity index (χ4v) is 4.23. The van der Waals surface area contributed by atoms with Crippen LogP contribution in [-0.4, -0.2) is 40.3 Å². The van der Waals surface area contributed by atoms with Crippen molar-refractivity contribution in [3.63, 3.8) is 0 Å². The van der Waals surface area contributed by atoms with E-state index in [-0.39, 0.29) is 12.0 Å². The third-order valence-electron chi connectivity index (χ3n) is 5.91. The van der Waals surface area contributed by atoms with Gasteiger partial charge in [0.2, 0.25) is 0 Å². The highest BCUT2D eigenvalue weighted by molar-refractivity contribution is 5.79. The molecule has 0 amide bonds. The van der Waals surface area contributed by atoms with E-state index in [4.69, 9.17) is 4.99 Å². The van der Waals surface area contributed by atoms with Crippen molar-refractivity contribution in [1.29, 1.82) is 0 Å². The van der Waals surface area contributed by atoms with Crippen LogP contribution >= 0.6 is 0 Å². The maximum atomic E-state index is 9.55. The van der Waals surface area contributed by atoms with Gasteiger partial charge in [0, 0.05) is 38.6 Å². The van der Waals surface area contributed by atoms with Gasteiger partial charge in [-0.05, 0) is 37.2 Å². The topological polar surface area (TPSA) is 74.5 Å². The third-order valence-corrected chi connectivity index (χ3v) is 5.91. The number of aromatic nitrogens is 2. The van der Waals surface area contributed by atoms with Gasteiger partial charge in [-0.2, -0.15) is 0 Å². The molecule has 0 radical (unpaired) electrons. The predicted molar refractivity (Wildman–Crippen MR) is 118 cm³/mol. The Morgan fingerprint density at radius 3 is 2.69 bits per heavy atom. The van der Waals surface area contributed by atoms with Gasteiger partial charge in [-0.1, -0.05) is 49.6 Å². The Morgan fingerprint density at radius 1 is 1.17 bits per heavy atom. The molecule has 3 rings (SSSR count). The van der Waals surface area contributed by atoms with Crippen LogP contribution in [-0.2, 0) is 13.1 Å². The fraction of sp³-hybridized carbons (Fsp3) is 0.565. The molecule has 0 bridgehead atoms. The fourth-order valence-electron chi connectivity index (χ4n) is 4.23. The maximum Gasteiger partial charge on any atom is 0.191 e. The second-order valence-corrected chi connectivity index (χ2v) is 8.04. The Bertz CT molecular complexity index is 744. The van der Waals surface area contributed by atoms with E-state index in [1.54, 1.807) is 0 Å². The van der Waals surface area contributed by atoms with E-state index in [9.17, 15) is 5.11 Å². The number of hydrogen-bond acceptors (Lipinski definition) is 3. The molecule has 1 saturated carbocycles. The van der Waals surface area contributed by atoms with Crippen LogP contribution in [0.4, 0.5) is 0 Å². The molecule has 1 fully saturated rings. The second-order valence-electron chi connectivity index (χ2n) is 8.04. The van der Waals surface area contributed by atoms with Gasteiger partial charge in [0.05, 0.1) is 0 Å². The van der Waals surface area contributed by atoms with E-state index in [1.807, 2.05) is 18.5 Å². The van der Waals surface area contributed by atoms with Crippen molar-refractivity contribution in [1.82, 2.24) is 20.2 Å². The summed E-state index contributed by atoms with van der Waals surface area (Å²) in [5.41, 5.74) is 1.44. The number of rotatable bonds is 9. The Labute approximate surface area is 174 Å². The van der Waals surface area contributed by atoms with Gasteiger partial charge < -0.3 is 20.3 Å². The minimum atomic E-state index is 0.189. The number of hydrogen-bond donors (Lipinski definition) is 3. The van der Waals surface area contributed by atoms with Crippen LogP contribution in [0.3, 0.4) is 0 Å². The molecule has 0 spiro atoms. The maximum absolute atomic E-state index is 9.55. The summed E-state index contributed by atoms with van der Waals surface area (Å²) in [5, 5.41) is 16.4. The largest absolute Gasteiger partial charge is 0.396 e. The van der Waals surface area contributed by atoms with Crippen LogP contribution < -0.4 is 10.6 Å². The summed E-state index contributed by atoms with van der Waals surface area (Å²) in [6.07, 6.45) is 10.9. The lowest BCUT2D eigenvalue weighted by molar-refractivity contribution is 0.131. The molecule has 1 aromatic heterocycles. The van der Waals surface area contributed by atoms with Crippen molar-refractivity contribution in [2.24, 2.45) is 10.4 Å². The van der Waals surface area contributed by atoms with Crippen LogP contribution in [0.2, 0.25) is 0 Å². The number of aliphatic hydroxyl groups excluding tert-OH is 1. The van der Waals surface area contributed by atoms with Crippen molar-refractivity contribution in [3.8, 4) is 0 Å². The second kappa shape index (κ2) is 11.0. The Kier molecular flexibility index (Phi) is 8.11. The first-order valence-corrected chi connectivity index (χ1v) is 10.9. The molecule has 6 nitrogen and oxygen atoms in total. The molecular weight excluding hydrogens is 362 g/mol. The molecule has 29 heavy (non-hydrogen) atoms. The highest BCUT2D eigenvalue weighted by Crippen LogP contribution is 2.38. The summed E-state index contributed by atoms with van der Waals surface area (Å²) in [7, 11) is 0. The molecule has 1 aliphatic rings. The van der Waals surface area contributed by atoms with Gasteiger partial charge >= 0.3 is 0 Å². The number of nitrogens with one attached hydrogen (secondary N) is 2. The third kappa shape index (κ3) is 6.32. The van der Waals surface area contributed by atoms with E-state index >= 15 is 0 Å². The van der Waals surface area contributed by atoms with Gasteiger partial charge in [-0.25, -0.2) is 9.98 Å². The van der Waals surface area contributed by atoms with E-state index < -0.39 is 0 Å². The SMILES string of the molecule is CCNC(=NCc1nccn1Cc1ccccc1)NCC1(CCO)CCCCC1. The van der Waals surface area contributed by atoms with Gasteiger partial charge in [-0.3, -0.25) is 0 Å². The predicted octanol–water partition coefficient (Wildman–Crippen LogP) is 3.32. The Balaban J connectivity index is 1.63. The van der Waals surface area contributed by atoms with E-state index in [2.05, 4.69) is 51.4 Å². The lowest BCUT2D eigenvalue weighted by Crippen LogP contribution is -2.45. The zero-order chi connectivity index (χ0) is 20.4. The Hall–Kier alpha value is -2.34. The molecule has 0 unspecified atom stereocenters. The highest BCUT2D eigenvalue weighted by atomic mass is 16.3. The highest BCUT2D eigenvalue weighted by Gasteiger charge is 2.31. The van der Waals surface area contributed by atoms with E-state index in [1.165, 1.54) is 37.7 Å². The van der Waals surface area contributed by atoms with Crippen LogP contribution in [0.15, 0.2) is 47.7 Å². The smallest absolute Gasteiger partial charge is 0.191 e. The quantitative estimate of drug-likeness (QED) is 0.448. The molecule has 1 aliphatic carbocycles.